The highest BCUT2D eigenvalue weighted by Crippen LogP contribution is 2.20. The maximum Gasteiger partial charge on any atom is 0.257 e. The van der Waals surface area contributed by atoms with Crippen molar-refractivity contribution >= 4 is 34.8 Å². The predicted octanol–water partition coefficient (Wildman–Crippen LogP) is 3.28. The Morgan fingerprint density at radius 1 is 1.04 bits per heavy atom. The van der Waals surface area contributed by atoms with Crippen molar-refractivity contribution in [2.45, 2.75) is 18.9 Å². The van der Waals surface area contributed by atoms with Crippen molar-refractivity contribution in [2.24, 2.45) is 0 Å². The van der Waals surface area contributed by atoms with Crippen LogP contribution in [0.3, 0.4) is 0 Å². The molecule has 2 amide bonds. The summed E-state index contributed by atoms with van der Waals surface area (Å²) >= 11 is 5.84. The molecule has 0 saturated heterocycles. The number of halogens is 1. The van der Waals surface area contributed by atoms with Crippen LogP contribution in [-0.2, 0) is 4.79 Å². The molecule has 2 aromatic rings. The first-order chi connectivity index (χ1) is 11.6. The van der Waals surface area contributed by atoms with E-state index in [2.05, 4.69) is 16.0 Å². The molecule has 0 bridgehead atoms. The molecule has 3 rings (SSSR count). The largest absolute Gasteiger partial charge is 0.376 e. The van der Waals surface area contributed by atoms with E-state index in [0.29, 0.717) is 28.0 Å². The summed E-state index contributed by atoms with van der Waals surface area (Å²) in [4.78, 5) is 24.3. The van der Waals surface area contributed by atoms with Gasteiger partial charge in [0.1, 0.15) is 0 Å². The van der Waals surface area contributed by atoms with Gasteiger partial charge in [0.25, 0.3) is 5.91 Å². The Morgan fingerprint density at radius 3 is 2.46 bits per heavy atom. The zero-order chi connectivity index (χ0) is 16.9. The smallest absolute Gasteiger partial charge is 0.257 e. The molecule has 124 valence electrons. The number of para-hydroxylation sites is 1. The number of anilines is 2. The fraction of sp³-hybridized carbons (Fsp3) is 0.222. The Kier molecular flexibility index (Phi) is 5.01. The quantitative estimate of drug-likeness (QED) is 0.753. The molecule has 0 unspecified atom stereocenters. The minimum Gasteiger partial charge on any atom is -0.376 e. The molecule has 6 heteroatoms. The molecule has 1 fully saturated rings. The molecule has 1 aliphatic rings. The first kappa shape index (κ1) is 16.3. The van der Waals surface area contributed by atoms with Gasteiger partial charge in [0.15, 0.2) is 0 Å². The Morgan fingerprint density at radius 2 is 1.75 bits per heavy atom. The van der Waals surface area contributed by atoms with E-state index < -0.39 is 0 Å². The van der Waals surface area contributed by atoms with Gasteiger partial charge in [-0.2, -0.15) is 0 Å². The van der Waals surface area contributed by atoms with Gasteiger partial charge in [-0.1, -0.05) is 23.7 Å². The van der Waals surface area contributed by atoms with Crippen LogP contribution in [0, 0.1) is 0 Å². The molecular formula is C18H18ClN3O2. The van der Waals surface area contributed by atoms with E-state index in [0.717, 1.165) is 12.8 Å². The maximum absolute atomic E-state index is 12.5. The number of rotatable bonds is 6. The lowest BCUT2D eigenvalue weighted by Crippen LogP contribution is -2.31. The third-order valence-corrected chi connectivity index (χ3v) is 3.91. The molecule has 0 atom stereocenters. The summed E-state index contributed by atoms with van der Waals surface area (Å²) in [6, 6.07) is 14.3. The van der Waals surface area contributed by atoms with Gasteiger partial charge in [0.2, 0.25) is 5.91 Å². The molecule has 0 radical (unpaired) electrons. The molecule has 1 saturated carbocycles. The van der Waals surface area contributed by atoms with Crippen molar-refractivity contribution in [3.8, 4) is 0 Å². The lowest BCUT2D eigenvalue weighted by molar-refractivity contribution is -0.119. The zero-order valence-corrected chi connectivity index (χ0v) is 13.8. The van der Waals surface area contributed by atoms with Gasteiger partial charge in [-0.15, -0.1) is 0 Å². The van der Waals surface area contributed by atoms with Gasteiger partial charge in [0, 0.05) is 22.4 Å². The van der Waals surface area contributed by atoms with E-state index >= 15 is 0 Å². The van der Waals surface area contributed by atoms with E-state index in [1.54, 1.807) is 42.5 Å². The van der Waals surface area contributed by atoms with Crippen molar-refractivity contribution in [1.82, 2.24) is 5.32 Å². The minimum atomic E-state index is -0.247. The van der Waals surface area contributed by atoms with Crippen LogP contribution in [0.25, 0.3) is 0 Å². The van der Waals surface area contributed by atoms with Gasteiger partial charge in [-0.3, -0.25) is 9.59 Å². The number of carbonyl (C=O) groups is 2. The number of nitrogens with one attached hydrogen (secondary N) is 3. The number of amides is 2. The lowest BCUT2D eigenvalue weighted by atomic mass is 10.1. The van der Waals surface area contributed by atoms with Gasteiger partial charge in [-0.05, 0) is 49.2 Å². The molecule has 0 heterocycles. The first-order valence-corrected chi connectivity index (χ1v) is 8.19. The van der Waals surface area contributed by atoms with Gasteiger partial charge in [0.05, 0.1) is 12.1 Å². The molecule has 24 heavy (non-hydrogen) atoms. The van der Waals surface area contributed by atoms with Crippen LogP contribution in [-0.4, -0.2) is 24.4 Å². The third kappa shape index (κ3) is 4.49. The van der Waals surface area contributed by atoms with Crippen LogP contribution in [0.15, 0.2) is 48.5 Å². The normalized spacial score (nSPS) is 13.2. The molecule has 3 N–H and O–H groups in total. The second kappa shape index (κ2) is 7.36. The van der Waals surface area contributed by atoms with Gasteiger partial charge in [-0.25, -0.2) is 0 Å². The van der Waals surface area contributed by atoms with E-state index in [1.165, 1.54) is 0 Å². The number of benzene rings is 2. The topological polar surface area (TPSA) is 70.2 Å². The maximum atomic E-state index is 12.5. The Balaban J connectivity index is 1.64. The summed E-state index contributed by atoms with van der Waals surface area (Å²) in [5, 5.41) is 9.36. The first-order valence-electron chi connectivity index (χ1n) is 7.81. The standard InChI is InChI=1S/C18H18ClN3O2/c19-12-5-7-14(8-6-12)22-18(24)15-3-1-2-4-16(15)20-11-17(23)21-13-9-10-13/h1-8,13,20H,9-11H2,(H,21,23)(H,22,24). The highest BCUT2D eigenvalue weighted by atomic mass is 35.5. The SMILES string of the molecule is O=C(CNc1ccccc1C(=O)Nc1ccc(Cl)cc1)NC1CC1. The molecule has 0 aromatic heterocycles. The van der Waals surface area contributed by atoms with Crippen molar-refractivity contribution in [3.05, 3.63) is 59.1 Å². The summed E-state index contributed by atoms with van der Waals surface area (Å²) in [6.45, 7) is 0.141. The highest BCUT2D eigenvalue weighted by molar-refractivity contribution is 6.30. The van der Waals surface area contributed by atoms with E-state index in [1.807, 2.05) is 6.07 Å². The second-order valence-corrected chi connectivity index (χ2v) is 6.14. The molecule has 0 spiro atoms. The minimum absolute atomic E-state index is 0.0644. The van der Waals surface area contributed by atoms with E-state index in [4.69, 9.17) is 11.6 Å². The Hall–Kier alpha value is -2.53. The van der Waals surface area contributed by atoms with Crippen molar-refractivity contribution < 1.29 is 9.59 Å². The summed E-state index contributed by atoms with van der Waals surface area (Å²) in [5.41, 5.74) is 1.76. The number of hydrogen-bond donors (Lipinski definition) is 3. The van der Waals surface area contributed by atoms with Gasteiger partial charge >= 0.3 is 0 Å². The molecule has 1 aliphatic carbocycles. The van der Waals surface area contributed by atoms with Gasteiger partial charge < -0.3 is 16.0 Å². The Bertz CT molecular complexity index is 742. The molecule has 2 aromatic carbocycles. The average molecular weight is 344 g/mol. The van der Waals surface area contributed by atoms with Crippen molar-refractivity contribution in [1.29, 1.82) is 0 Å². The van der Waals surface area contributed by atoms with Crippen molar-refractivity contribution in [2.75, 3.05) is 17.2 Å². The van der Waals surface area contributed by atoms with Crippen LogP contribution >= 0.6 is 11.6 Å². The summed E-state index contributed by atoms with van der Waals surface area (Å²) in [5.74, 6) is -0.312. The van der Waals surface area contributed by atoms with E-state index in [-0.39, 0.29) is 18.4 Å². The summed E-state index contributed by atoms with van der Waals surface area (Å²) in [7, 11) is 0. The number of carbonyl (C=O) groups excluding carboxylic acids is 2. The monoisotopic (exact) mass is 343 g/mol. The average Bonchev–Trinajstić information content (AvgIpc) is 3.39. The van der Waals surface area contributed by atoms with Crippen LogP contribution < -0.4 is 16.0 Å². The second-order valence-electron chi connectivity index (χ2n) is 5.70. The third-order valence-electron chi connectivity index (χ3n) is 3.66. The fourth-order valence-corrected chi connectivity index (χ4v) is 2.37. The lowest BCUT2D eigenvalue weighted by Gasteiger charge is -2.12. The number of hydrogen-bond acceptors (Lipinski definition) is 3. The summed E-state index contributed by atoms with van der Waals surface area (Å²) < 4.78 is 0. The Labute approximate surface area is 145 Å². The van der Waals surface area contributed by atoms with Crippen LogP contribution in [0.4, 0.5) is 11.4 Å². The molecular weight excluding hydrogens is 326 g/mol. The zero-order valence-electron chi connectivity index (χ0n) is 13.0. The van der Waals surface area contributed by atoms with Crippen LogP contribution in [0.2, 0.25) is 5.02 Å². The van der Waals surface area contributed by atoms with Crippen LogP contribution in [0.1, 0.15) is 23.2 Å². The van der Waals surface area contributed by atoms with Crippen molar-refractivity contribution in [3.63, 3.8) is 0 Å². The predicted molar refractivity (Wildman–Crippen MR) is 95.5 cm³/mol. The van der Waals surface area contributed by atoms with Crippen LogP contribution in [0.5, 0.6) is 0 Å². The molecule has 5 nitrogen and oxygen atoms in total. The fourth-order valence-electron chi connectivity index (χ4n) is 2.25. The highest BCUT2D eigenvalue weighted by Gasteiger charge is 2.23. The molecule has 0 aliphatic heterocycles. The summed E-state index contributed by atoms with van der Waals surface area (Å²) in [6.07, 6.45) is 2.09. The van der Waals surface area contributed by atoms with E-state index in [9.17, 15) is 9.59 Å².